The zero-order chi connectivity index (χ0) is 13.4. The van der Waals surface area contributed by atoms with E-state index in [2.05, 4.69) is 26.2 Å². The molecule has 0 aliphatic heterocycles. The second-order valence-electron chi connectivity index (χ2n) is 4.12. The maximum Gasteiger partial charge on any atom is 0.291 e. The largest absolute Gasteiger partial charge is 0.444 e. The molecule has 96 valence electrons. The molecule has 1 amide bonds. The summed E-state index contributed by atoms with van der Waals surface area (Å²) >= 11 is 3.16. The number of anilines is 1. The lowest BCUT2D eigenvalue weighted by atomic mass is 10.2. The van der Waals surface area contributed by atoms with E-state index in [1.54, 1.807) is 18.5 Å². The molecule has 0 saturated heterocycles. The monoisotopic (exact) mass is 319 g/mol. The second-order valence-corrected chi connectivity index (χ2v) is 4.90. The van der Waals surface area contributed by atoms with Gasteiger partial charge in [-0.3, -0.25) is 4.79 Å². The van der Waals surface area contributed by atoms with Crippen LogP contribution in [0.25, 0.3) is 11.0 Å². The zero-order valence-corrected chi connectivity index (χ0v) is 11.6. The highest BCUT2D eigenvalue weighted by Gasteiger charge is 2.11. The van der Waals surface area contributed by atoms with Crippen LogP contribution in [0.15, 0.2) is 45.7 Å². The molecule has 19 heavy (non-hydrogen) atoms. The molecule has 0 aliphatic rings. The number of nitrogens with zero attached hydrogens (tertiary/aromatic N) is 2. The SMILES string of the molecule is Cn1cnc2cc(NC(=O)c3ccc(Br)o3)ccc21. The fourth-order valence-electron chi connectivity index (χ4n) is 1.84. The summed E-state index contributed by atoms with van der Waals surface area (Å²) in [7, 11) is 1.92. The van der Waals surface area contributed by atoms with Crippen molar-refractivity contribution >= 4 is 38.6 Å². The van der Waals surface area contributed by atoms with Crippen LogP contribution in [0.2, 0.25) is 0 Å². The number of rotatable bonds is 2. The highest BCUT2D eigenvalue weighted by atomic mass is 79.9. The van der Waals surface area contributed by atoms with Crippen LogP contribution in [0.3, 0.4) is 0 Å². The van der Waals surface area contributed by atoms with Gasteiger partial charge in [-0.15, -0.1) is 0 Å². The van der Waals surface area contributed by atoms with Crippen LogP contribution >= 0.6 is 15.9 Å². The lowest BCUT2D eigenvalue weighted by molar-refractivity contribution is 0.0995. The van der Waals surface area contributed by atoms with Crippen molar-refractivity contribution < 1.29 is 9.21 Å². The Morgan fingerprint density at radius 3 is 2.95 bits per heavy atom. The average molecular weight is 320 g/mol. The van der Waals surface area contributed by atoms with E-state index in [0.717, 1.165) is 11.0 Å². The lowest BCUT2D eigenvalue weighted by Crippen LogP contribution is -2.10. The fraction of sp³-hybridized carbons (Fsp3) is 0.0769. The van der Waals surface area contributed by atoms with Gasteiger partial charge in [-0.05, 0) is 46.3 Å². The van der Waals surface area contributed by atoms with E-state index in [9.17, 15) is 4.79 Å². The minimum Gasteiger partial charge on any atom is -0.444 e. The van der Waals surface area contributed by atoms with E-state index >= 15 is 0 Å². The van der Waals surface area contributed by atoms with Crippen molar-refractivity contribution in [2.45, 2.75) is 0 Å². The molecule has 0 radical (unpaired) electrons. The number of benzene rings is 1. The first-order chi connectivity index (χ1) is 9.13. The second kappa shape index (κ2) is 4.55. The summed E-state index contributed by atoms with van der Waals surface area (Å²) in [4.78, 5) is 16.2. The fourth-order valence-corrected chi connectivity index (χ4v) is 2.15. The number of carbonyl (C=O) groups is 1. The van der Waals surface area contributed by atoms with Crippen LogP contribution in [-0.4, -0.2) is 15.5 Å². The number of nitrogens with one attached hydrogen (secondary N) is 1. The molecule has 0 saturated carbocycles. The normalized spacial score (nSPS) is 10.8. The number of aryl methyl sites for hydroxylation is 1. The molecule has 1 aromatic carbocycles. The van der Waals surface area contributed by atoms with Gasteiger partial charge in [0.15, 0.2) is 10.4 Å². The summed E-state index contributed by atoms with van der Waals surface area (Å²) in [6.45, 7) is 0. The number of aromatic nitrogens is 2. The number of halogens is 1. The molecule has 1 N–H and O–H groups in total. The van der Waals surface area contributed by atoms with Gasteiger partial charge >= 0.3 is 0 Å². The Morgan fingerprint density at radius 2 is 2.21 bits per heavy atom. The highest BCUT2D eigenvalue weighted by molar-refractivity contribution is 9.10. The predicted molar refractivity (Wildman–Crippen MR) is 75.1 cm³/mol. The standard InChI is InChI=1S/C13H10BrN3O2/c1-17-7-15-9-6-8(2-3-10(9)17)16-13(18)11-4-5-12(14)19-11/h2-7H,1H3,(H,16,18). The van der Waals surface area contributed by atoms with Gasteiger partial charge in [0.05, 0.1) is 17.4 Å². The molecule has 0 bridgehead atoms. The third-order valence-corrected chi connectivity index (χ3v) is 3.21. The van der Waals surface area contributed by atoms with E-state index in [1.165, 1.54) is 0 Å². The van der Waals surface area contributed by atoms with Gasteiger partial charge in [0.1, 0.15) is 0 Å². The maximum atomic E-state index is 11.9. The van der Waals surface area contributed by atoms with E-state index in [-0.39, 0.29) is 11.7 Å². The molecule has 0 fully saturated rings. The first kappa shape index (κ1) is 12.0. The van der Waals surface area contributed by atoms with E-state index in [1.807, 2.05) is 29.8 Å². The molecule has 3 rings (SSSR count). The summed E-state index contributed by atoms with van der Waals surface area (Å²) in [5.74, 6) is -0.0334. The molecular formula is C13H10BrN3O2. The number of hydrogen-bond donors (Lipinski definition) is 1. The van der Waals surface area contributed by atoms with Gasteiger partial charge in [0, 0.05) is 12.7 Å². The first-order valence-electron chi connectivity index (χ1n) is 5.61. The minimum atomic E-state index is -0.291. The predicted octanol–water partition coefficient (Wildman–Crippen LogP) is 3.18. The number of amides is 1. The Bertz CT molecular complexity index is 760. The third-order valence-electron chi connectivity index (χ3n) is 2.78. The third kappa shape index (κ3) is 2.26. The van der Waals surface area contributed by atoms with E-state index < -0.39 is 0 Å². The Hall–Kier alpha value is -2.08. The molecular weight excluding hydrogens is 310 g/mol. The number of furan rings is 1. The van der Waals surface area contributed by atoms with Gasteiger partial charge in [-0.1, -0.05) is 0 Å². The van der Waals surface area contributed by atoms with Crippen molar-refractivity contribution in [2.24, 2.45) is 7.05 Å². The molecule has 0 aliphatic carbocycles. The zero-order valence-electron chi connectivity index (χ0n) is 10.1. The molecule has 6 heteroatoms. The summed E-state index contributed by atoms with van der Waals surface area (Å²) < 4.78 is 7.64. The first-order valence-corrected chi connectivity index (χ1v) is 6.40. The van der Waals surface area contributed by atoms with Gasteiger partial charge in [-0.25, -0.2) is 4.98 Å². The average Bonchev–Trinajstić information content (AvgIpc) is 2.97. The van der Waals surface area contributed by atoms with Gasteiger partial charge < -0.3 is 14.3 Å². The van der Waals surface area contributed by atoms with Crippen molar-refractivity contribution in [3.63, 3.8) is 0 Å². The van der Waals surface area contributed by atoms with Crippen LogP contribution in [0.4, 0.5) is 5.69 Å². The summed E-state index contributed by atoms with van der Waals surface area (Å²) in [6.07, 6.45) is 1.74. The summed E-state index contributed by atoms with van der Waals surface area (Å²) in [6, 6.07) is 8.86. The summed E-state index contributed by atoms with van der Waals surface area (Å²) in [5.41, 5.74) is 2.53. The molecule has 0 atom stereocenters. The van der Waals surface area contributed by atoms with Crippen LogP contribution in [0.1, 0.15) is 10.6 Å². The van der Waals surface area contributed by atoms with Crippen LogP contribution in [-0.2, 0) is 7.05 Å². The maximum absolute atomic E-state index is 11.9. The number of imidazole rings is 1. The van der Waals surface area contributed by atoms with Crippen molar-refractivity contribution in [3.8, 4) is 0 Å². The molecule has 2 heterocycles. The highest BCUT2D eigenvalue weighted by Crippen LogP contribution is 2.19. The minimum absolute atomic E-state index is 0.257. The molecule has 3 aromatic rings. The quantitative estimate of drug-likeness (QED) is 0.789. The molecule has 0 unspecified atom stereocenters. The van der Waals surface area contributed by atoms with Gasteiger partial charge in [0.2, 0.25) is 0 Å². The van der Waals surface area contributed by atoms with E-state index in [4.69, 9.17) is 4.42 Å². The van der Waals surface area contributed by atoms with Gasteiger partial charge in [0.25, 0.3) is 5.91 Å². The number of carbonyl (C=O) groups excluding carboxylic acids is 1. The van der Waals surface area contributed by atoms with Crippen LogP contribution in [0.5, 0.6) is 0 Å². The van der Waals surface area contributed by atoms with Crippen molar-refractivity contribution in [1.29, 1.82) is 0 Å². The van der Waals surface area contributed by atoms with Crippen molar-refractivity contribution in [3.05, 3.63) is 47.1 Å². The topological polar surface area (TPSA) is 60.1 Å². The molecule has 2 aromatic heterocycles. The number of fused-ring (bicyclic) bond motifs is 1. The Morgan fingerprint density at radius 1 is 1.37 bits per heavy atom. The van der Waals surface area contributed by atoms with Crippen LogP contribution < -0.4 is 5.32 Å². The van der Waals surface area contributed by atoms with Gasteiger partial charge in [-0.2, -0.15) is 0 Å². The van der Waals surface area contributed by atoms with Crippen molar-refractivity contribution in [1.82, 2.24) is 9.55 Å². The number of hydrogen-bond acceptors (Lipinski definition) is 3. The smallest absolute Gasteiger partial charge is 0.291 e. The Labute approximate surface area is 117 Å². The van der Waals surface area contributed by atoms with Crippen molar-refractivity contribution in [2.75, 3.05) is 5.32 Å². The lowest BCUT2D eigenvalue weighted by Gasteiger charge is -2.03. The van der Waals surface area contributed by atoms with Crippen LogP contribution in [0, 0.1) is 0 Å². The Kier molecular flexibility index (Phi) is 2.87. The summed E-state index contributed by atoms with van der Waals surface area (Å²) in [5, 5.41) is 2.77. The Balaban J connectivity index is 1.87. The van der Waals surface area contributed by atoms with E-state index in [0.29, 0.717) is 10.4 Å². The molecule has 5 nitrogen and oxygen atoms in total. The molecule has 0 spiro atoms.